The first kappa shape index (κ1) is 11.1. The molecule has 1 fully saturated rings. The minimum Gasteiger partial charge on any atom is -0.508 e. The number of hydrogen-bond donors (Lipinski definition) is 1. The van der Waals surface area contributed by atoms with Crippen LogP contribution in [0.5, 0.6) is 5.75 Å². The van der Waals surface area contributed by atoms with E-state index in [4.69, 9.17) is 0 Å². The third-order valence-corrected chi connectivity index (χ3v) is 4.27. The number of aryl methyl sites for hydroxylation is 1. The molecule has 0 spiro atoms. The second-order valence-corrected chi connectivity index (χ2v) is 5.45. The van der Waals surface area contributed by atoms with Crippen LogP contribution in [0.3, 0.4) is 0 Å². The van der Waals surface area contributed by atoms with Gasteiger partial charge in [0, 0.05) is 18.0 Å². The van der Waals surface area contributed by atoms with E-state index in [1.54, 1.807) is 0 Å². The van der Waals surface area contributed by atoms with E-state index in [9.17, 15) is 5.11 Å². The number of benzene rings is 1. The van der Waals surface area contributed by atoms with Gasteiger partial charge in [0.25, 0.3) is 0 Å². The molecule has 1 atom stereocenters. The van der Waals surface area contributed by atoms with Crippen LogP contribution < -0.4 is 0 Å². The first-order valence-corrected chi connectivity index (χ1v) is 6.88. The van der Waals surface area contributed by atoms with Crippen LogP contribution in [0, 0.1) is 0 Å². The van der Waals surface area contributed by atoms with Crippen molar-refractivity contribution in [3.8, 4) is 5.75 Å². The largest absolute Gasteiger partial charge is 0.508 e. The predicted octanol–water partition coefficient (Wildman–Crippen LogP) is 2.91. The van der Waals surface area contributed by atoms with Gasteiger partial charge in [0.2, 0.25) is 0 Å². The topological polar surface area (TPSA) is 23.5 Å². The molecule has 92 valence electrons. The van der Waals surface area contributed by atoms with Gasteiger partial charge in [-0.25, -0.2) is 0 Å². The summed E-state index contributed by atoms with van der Waals surface area (Å²) >= 11 is 0. The van der Waals surface area contributed by atoms with Crippen molar-refractivity contribution < 1.29 is 5.11 Å². The first-order valence-electron chi connectivity index (χ1n) is 6.88. The van der Waals surface area contributed by atoms with Crippen LogP contribution in [0.25, 0.3) is 0 Å². The van der Waals surface area contributed by atoms with Crippen LogP contribution in [-0.4, -0.2) is 29.6 Å². The maximum atomic E-state index is 10.0. The van der Waals surface area contributed by atoms with E-state index in [-0.39, 0.29) is 0 Å². The highest BCUT2D eigenvalue weighted by atomic mass is 16.3. The number of hydrogen-bond acceptors (Lipinski definition) is 2. The van der Waals surface area contributed by atoms with Gasteiger partial charge in [0.15, 0.2) is 0 Å². The average Bonchev–Trinajstić information content (AvgIpc) is 2.75. The van der Waals surface area contributed by atoms with Gasteiger partial charge in [-0.2, -0.15) is 0 Å². The highest BCUT2D eigenvalue weighted by Gasteiger charge is 2.27. The Morgan fingerprint density at radius 1 is 1.18 bits per heavy atom. The lowest BCUT2D eigenvalue weighted by Crippen LogP contribution is -2.33. The fourth-order valence-corrected chi connectivity index (χ4v) is 3.40. The normalized spacial score (nSPS) is 24.8. The summed E-state index contributed by atoms with van der Waals surface area (Å²) in [5, 5.41) is 10.0. The van der Waals surface area contributed by atoms with E-state index in [1.807, 2.05) is 12.1 Å². The number of piperidine rings is 1. The minimum absolute atomic E-state index is 0.516. The molecule has 0 amide bonds. The van der Waals surface area contributed by atoms with Crippen LogP contribution in [0.15, 0.2) is 18.2 Å². The molecule has 1 aromatic carbocycles. The number of aromatic hydroxyl groups is 1. The fraction of sp³-hybridized carbons (Fsp3) is 0.600. The maximum absolute atomic E-state index is 10.0. The van der Waals surface area contributed by atoms with Crippen LogP contribution in [0.4, 0.5) is 0 Å². The highest BCUT2D eigenvalue weighted by Crippen LogP contribution is 2.39. The van der Waals surface area contributed by atoms with E-state index in [2.05, 4.69) is 11.0 Å². The molecule has 0 radical (unpaired) electrons. The van der Waals surface area contributed by atoms with Gasteiger partial charge in [0.05, 0.1) is 0 Å². The van der Waals surface area contributed by atoms with Crippen molar-refractivity contribution in [3.05, 3.63) is 29.3 Å². The molecule has 1 heterocycles. The number of phenols is 1. The van der Waals surface area contributed by atoms with Crippen molar-refractivity contribution in [3.63, 3.8) is 0 Å². The van der Waals surface area contributed by atoms with Crippen molar-refractivity contribution in [2.45, 2.75) is 38.0 Å². The molecule has 17 heavy (non-hydrogen) atoms. The van der Waals surface area contributed by atoms with E-state index in [0.29, 0.717) is 11.7 Å². The van der Waals surface area contributed by atoms with Gasteiger partial charge < -0.3 is 10.0 Å². The molecule has 1 aliphatic carbocycles. The molecule has 1 saturated heterocycles. The Morgan fingerprint density at radius 2 is 2.00 bits per heavy atom. The molecule has 0 saturated carbocycles. The van der Waals surface area contributed by atoms with Crippen LogP contribution >= 0.6 is 0 Å². The van der Waals surface area contributed by atoms with Gasteiger partial charge >= 0.3 is 0 Å². The molecule has 1 unspecified atom stereocenters. The monoisotopic (exact) mass is 231 g/mol. The average molecular weight is 231 g/mol. The maximum Gasteiger partial charge on any atom is 0.119 e. The molecule has 2 nitrogen and oxygen atoms in total. The second kappa shape index (κ2) is 4.69. The number of rotatable bonds is 2. The Bertz CT molecular complexity index is 396. The Morgan fingerprint density at radius 3 is 2.82 bits per heavy atom. The van der Waals surface area contributed by atoms with Crippen LogP contribution in [-0.2, 0) is 6.42 Å². The van der Waals surface area contributed by atoms with E-state index < -0.39 is 0 Å². The molecule has 2 heteroatoms. The molecule has 1 aromatic rings. The highest BCUT2D eigenvalue weighted by molar-refractivity contribution is 5.45. The van der Waals surface area contributed by atoms with Gasteiger partial charge in [-0.3, -0.25) is 0 Å². The van der Waals surface area contributed by atoms with E-state index in [0.717, 1.165) is 13.0 Å². The number of nitrogens with zero attached hydrogens (tertiary/aromatic N) is 1. The molecular weight excluding hydrogens is 210 g/mol. The third kappa shape index (κ3) is 2.19. The summed E-state index contributed by atoms with van der Waals surface area (Å²) in [5.41, 5.74) is 2.60. The Hall–Kier alpha value is -1.02. The Labute approximate surface area is 103 Å². The zero-order valence-corrected chi connectivity index (χ0v) is 10.4. The van der Waals surface area contributed by atoms with Crippen molar-refractivity contribution in [2.75, 3.05) is 19.6 Å². The standard InChI is InChI=1S/C15H21NO/c17-14-6-4-5-12-7-8-13(15(12)14)11-16-9-2-1-3-10-16/h4-6,13,17H,1-3,7-11H2. The van der Waals surface area contributed by atoms with Crippen molar-refractivity contribution in [2.24, 2.45) is 0 Å². The zero-order chi connectivity index (χ0) is 11.7. The lowest BCUT2D eigenvalue weighted by atomic mass is 9.98. The zero-order valence-electron chi connectivity index (χ0n) is 10.4. The fourth-order valence-electron chi connectivity index (χ4n) is 3.40. The third-order valence-electron chi connectivity index (χ3n) is 4.27. The molecule has 2 aliphatic rings. The van der Waals surface area contributed by atoms with Crippen LogP contribution in [0.1, 0.15) is 42.7 Å². The molecule has 0 bridgehead atoms. The molecular formula is C15H21NO. The summed E-state index contributed by atoms with van der Waals surface area (Å²) in [6.45, 7) is 3.64. The first-order chi connectivity index (χ1) is 8.34. The summed E-state index contributed by atoms with van der Waals surface area (Å²) in [6.07, 6.45) is 6.44. The number of phenolic OH excluding ortho intramolecular Hbond substituents is 1. The summed E-state index contributed by atoms with van der Waals surface area (Å²) in [5.74, 6) is 1.08. The molecule has 1 N–H and O–H groups in total. The Balaban J connectivity index is 1.74. The van der Waals surface area contributed by atoms with Crippen molar-refractivity contribution in [1.29, 1.82) is 0 Å². The van der Waals surface area contributed by atoms with Gasteiger partial charge in [-0.1, -0.05) is 18.6 Å². The predicted molar refractivity (Wildman–Crippen MR) is 69.5 cm³/mol. The van der Waals surface area contributed by atoms with E-state index in [1.165, 1.54) is 49.9 Å². The number of fused-ring (bicyclic) bond motifs is 1. The SMILES string of the molecule is Oc1cccc2c1C(CN1CCCCC1)CC2. The van der Waals surface area contributed by atoms with Crippen LogP contribution in [0.2, 0.25) is 0 Å². The Kier molecular flexibility index (Phi) is 3.06. The van der Waals surface area contributed by atoms with E-state index >= 15 is 0 Å². The second-order valence-electron chi connectivity index (χ2n) is 5.45. The van der Waals surface area contributed by atoms with Gasteiger partial charge in [-0.05, 0) is 50.4 Å². The summed E-state index contributed by atoms with van der Waals surface area (Å²) in [6, 6.07) is 5.98. The smallest absolute Gasteiger partial charge is 0.119 e. The molecule has 3 rings (SSSR count). The lowest BCUT2D eigenvalue weighted by Gasteiger charge is -2.29. The minimum atomic E-state index is 0.516. The summed E-state index contributed by atoms with van der Waals surface area (Å²) < 4.78 is 0. The molecule has 0 aromatic heterocycles. The quantitative estimate of drug-likeness (QED) is 0.846. The van der Waals surface area contributed by atoms with Gasteiger partial charge in [-0.15, -0.1) is 0 Å². The molecule has 1 aliphatic heterocycles. The van der Waals surface area contributed by atoms with Crippen molar-refractivity contribution in [1.82, 2.24) is 4.90 Å². The van der Waals surface area contributed by atoms with Gasteiger partial charge in [0.1, 0.15) is 5.75 Å². The summed E-state index contributed by atoms with van der Waals surface area (Å²) in [4.78, 5) is 2.58. The lowest BCUT2D eigenvalue weighted by molar-refractivity contribution is 0.214. The number of likely N-dealkylation sites (tertiary alicyclic amines) is 1. The van der Waals surface area contributed by atoms with Crippen molar-refractivity contribution >= 4 is 0 Å². The summed E-state index contributed by atoms with van der Waals surface area (Å²) in [7, 11) is 0.